The van der Waals surface area contributed by atoms with E-state index in [2.05, 4.69) is 16.7 Å². The fourth-order valence-electron chi connectivity index (χ4n) is 3.85. The highest BCUT2D eigenvalue weighted by molar-refractivity contribution is 6.04. The van der Waals surface area contributed by atoms with Gasteiger partial charge in [-0.3, -0.25) is 9.59 Å². The predicted molar refractivity (Wildman–Crippen MR) is 95.8 cm³/mol. The number of pyridine rings is 1. The Hall–Kier alpha value is -3.03. The van der Waals surface area contributed by atoms with Gasteiger partial charge in [0.05, 0.1) is 5.39 Å². The first-order valence-electron chi connectivity index (χ1n) is 8.92. The summed E-state index contributed by atoms with van der Waals surface area (Å²) in [5.74, 6) is -0.446. The van der Waals surface area contributed by atoms with Gasteiger partial charge in [0.2, 0.25) is 5.91 Å². The summed E-state index contributed by atoms with van der Waals surface area (Å²) in [7, 11) is 0. The smallest absolute Gasteiger partial charge is 0.329 e. The number of likely N-dealkylation sites (tertiary alicyclic amines) is 1. The van der Waals surface area contributed by atoms with Crippen LogP contribution in [0.1, 0.15) is 30.3 Å². The summed E-state index contributed by atoms with van der Waals surface area (Å²) in [5.41, 5.74) is 0.770. The summed E-state index contributed by atoms with van der Waals surface area (Å²) in [6, 6.07) is 3.00. The molecule has 3 heterocycles. The van der Waals surface area contributed by atoms with Crippen molar-refractivity contribution < 1.29 is 19.1 Å². The molecule has 1 saturated carbocycles. The van der Waals surface area contributed by atoms with Crippen LogP contribution in [-0.2, 0) is 20.9 Å². The van der Waals surface area contributed by atoms with Crippen molar-refractivity contribution in [3.05, 3.63) is 36.7 Å². The lowest BCUT2D eigenvalue weighted by molar-refractivity contribution is -0.153. The molecule has 3 atom stereocenters. The molecule has 0 aromatic carbocycles. The second-order valence-corrected chi connectivity index (χ2v) is 6.97. The van der Waals surface area contributed by atoms with E-state index in [1.54, 1.807) is 23.2 Å². The first kappa shape index (κ1) is 17.4. The molecule has 1 amide bonds. The topological polar surface area (TPSA) is 94.4 Å². The third-order valence-corrected chi connectivity index (χ3v) is 5.13. The predicted octanol–water partition coefficient (Wildman–Crippen LogP) is 1.35. The maximum absolute atomic E-state index is 13.0. The first-order valence-corrected chi connectivity index (χ1v) is 8.92. The molecule has 27 heavy (non-hydrogen) atoms. The van der Waals surface area contributed by atoms with E-state index >= 15 is 0 Å². The lowest BCUT2D eigenvalue weighted by atomic mass is 10.1. The van der Waals surface area contributed by atoms with Crippen molar-refractivity contribution in [3.63, 3.8) is 0 Å². The van der Waals surface area contributed by atoms with E-state index in [-0.39, 0.29) is 30.9 Å². The maximum Gasteiger partial charge on any atom is 0.329 e. The van der Waals surface area contributed by atoms with Gasteiger partial charge in [0, 0.05) is 19.2 Å². The van der Waals surface area contributed by atoms with Crippen LogP contribution in [0.2, 0.25) is 0 Å². The van der Waals surface area contributed by atoms with E-state index in [0.717, 1.165) is 6.42 Å². The fraction of sp³-hybridized carbons (Fsp3) is 0.421. The third-order valence-electron chi connectivity index (χ3n) is 5.13. The minimum Gasteiger partial charge on any atom is -0.460 e. The van der Waals surface area contributed by atoms with Crippen LogP contribution in [0.3, 0.4) is 0 Å². The minimum absolute atomic E-state index is 0.0742. The van der Waals surface area contributed by atoms with Gasteiger partial charge in [0.25, 0.3) is 0 Å². The second-order valence-electron chi connectivity index (χ2n) is 6.97. The van der Waals surface area contributed by atoms with E-state index in [1.165, 1.54) is 17.7 Å². The maximum atomic E-state index is 13.0. The molecule has 0 N–H and O–H groups in total. The largest absolute Gasteiger partial charge is 0.460 e. The molecule has 2 aromatic rings. The summed E-state index contributed by atoms with van der Waals surface area (Å²) in [6.45, 7) is 5.02. The molecule has 3 unspecified atom stereocenters. The summed E-state index contributed by atoms with van der Waals surface area (Å²) < 4.78 is 6.59. The Morgan fingerprint density at radius 1 is 1.37 bits per heavy atom. The van der Waals surface area contributed by atoms with Gasteiger partial charge in [-0.25, -0.2) is 14.5 Å². The molecule has 8 nitrogen and oxygen atoms in total. The summed E-state index contributed by atoms with van der Waals surface area (Å²) in [6.07, 6.45) is 4.64. The Balaban J connectivity index is 1.58. The Morgan fingerprint density at radius 3 is 2.93 bits per heavy atom. The van der Waals surface area contributed by atoms with Gasteiger partial charge in [-0.1, -0.05) is 12.7 Å². The first-order chi connectivity index (χ1) is 13.0. The van der Waals surface area contributed by atoms with Gasteiger partial charge < -0.3 is 9.64 Å². The molecule has 8 heteroatoms. The van der Waals surface area contributed by atoms with E-state index < -0.39 is 12.0 Å². The highest BCUT2D eigenvalue weighted by Gasteiger charge is 2.56. The Labute approximate surface area is 155 Å². The Morgan fingerprint density at radius 2 is 2.19 bits per heavy atom. The minimum atomic E-state index is -0.566. The lowest BCUT2D eigenvalue weighted by Crippen LogP contribution is -2.45. The quantitative estimate of drug-likeness (QED) is 0.434. The average molecular weight is 368 g/mol. The number of aromatic nitrogens is 3. The molecule has 4 rings (SSSR count). The van der Waals surface area contributed by atoms with Crippen LogP contribution in [0.4, 0.5) is 0 Å². The van der Waals surface area contributed by atoms with Crippen LogP contribution in [0.15, 0.2) is 31.0 Å². The van der Waals surface area contributed by atoms with Gasteiger partial charge in [0.15, 0.2) is 11.4 Å². The molecular formula is C19H20N4O4. The van der Waals surface area contributed by atoms with Crippen molar-refractivity contribution in [2.45, 2.75) is 38.4 Å². The highest BCUT2D eigenvalue weighted by Crippen LogP contribution is 2.48. The number of Topliss-reactive ketones (excluding diaryl/α,β-unsaturated/α-hetero) is 1. The molecular weight excluding hydrogens is 348 g/mol. The number of fused-ring (bicyclic) bond motifs is 2. The number of ketones is 1. The van der Waals surface area contributed by atoms with Crippen LogP contribution in [0.25, 0.3) is 11.0 Å². The third kappa shape index (κ3) is 3.01. The van der Waals surface area contributed by atoms with Crippen molar-refractivity contribution in [2.24, 2.45) is 5.92 Å². The van der Waals surface area contributed by atoms with Gasteiger partial charge in [0.1, 0.15) is 24.9 Å². The van der Waals surface area contributed by atoms with Crippen LogP contribution in [0, 0.1) is 5.92 Å². The van der Waals surface area contributed by atoms with Gasteiger partial charge in [-0.2, -0.15) is 5.10 Å². The normalized spacial score (nSPS) is 23.1. The average Bonchev–Trinajstić information content (AvgIpc) is 3.16. The van der Waals surface area contributed by atoms with Crippen LogP contribution in [-0.4, -0.2) is 56.0 Å². The molecule has 2 fully saturated rings. The number of esters is 1. The van der Waals surface area contributed by atoms with E-state index in [1.807, 2.05) is 0 Å². The number of rotatable bonds is 6. The molecule has 1 aliphatic heterocycles. The van der Waals surface area contributed by atoms with E-state index in [9.17, 15) is 14.4 Å². The zero-order chi connectivity index (χ0) is 19.1. The zero-order valence-electron chi connectivity index (χ0n) is 15.0. The second kappa shape index (κ2) is 6.61. The number of hydrogen-bond donors (Lipinski definition) is 0. The summed E-state index contributed by atoms with van der Waals surface area (Å²) in [5, 5.41) is 4.90. The zero-order valence-corrected chi connectivity index (χ0v) is 15.0. The Bertz CT molecular complexity index is 950. The summed E-state index contributed by atoms with van der Waals surface area (Å²) in [4.78, 5) is 43.0. The van der Waals surface area contributed by atoms with E-state index in [0.29, 0.717) is 29.1 Å². The molecule has 0 radical (unpaired) electrons. The molecule has 140 valence electrons. The lowest BCUT2D eigenvalue weighted by Gasteiger charge is -2.26. The van der Waals surface area contributed by atoms with Crippen LogP contribution < -0.4 is 0 Å². The van der Waals surface area contributed by atoms with Crippen LogP contribution in [0.5, 0.6) is 0 Å². The number of nitrogens with zero attached hydrogens (tertiary/aromatic N) is 4. The van der Waals surface area contributed by atoms with Crippen molar-refractivity contribution in [1.82, 2.24) is 19.7 Å². The molecule has 0 bridgehead atoms. The number of ether oxygens (including phenoxy) is 1. The molecule has 1 aliphatic carbocycles. The molecule has 2 aliphatic rings. The van der Waals surface area contributed by atoms with Crippen molar-refractivity contribution >= 4 is 28.7 Å². The molecule has 0 spiro atoms. The number of hydrogen-bond acceptors (Lipinski definition) is 6. The van der Waals surface area contributed by atoms with Crippen LogP contribution >= 0.6 is 0 Å². The monoisotopic (exact) mass is 368 g/mol. The molecule has 2 aromatic heterocycles. The molecule has 1 saturated heterocycles. The van der Waals surface area contributed by atoms with Crippen molar-refractivity contribution in [1.29, 1.82) is 0 Å². The van der Waals surface area contributed by atoms with E-state index in [4.69, 9.17) is 4.74 Å². The number of amides is 1. The summed E-state index contributed by atoms with van der Waals surface area (Å²) >= 11 is 0. The SMILES string of the molecule is C=CCOC(=O)C1CC2CC2N1C(=O)Cn1nc(C(C)=O)c2cccnc21. The number of carbonyl (C=O) groups excluding carboxylic acids is 3. The number of carbonyl (C=O) groups is 3. The van der Waals surface area contributed by atoms with Gasteiger partial charge in [-0.15, -0.1) is 0 Å². The highest BCUT2D eigenvalue weighted by atomic mass is 16.5. The van der Waals surface area contributed by atoms with Gasteiger partial charge in [-0.05, 0) is 30.9 Å². The van der Waals surface area contributed by atoms with Crippen molar-refractivity contribution in [3.8, 4) is 0 Å². The Kier molecular flexibility index (Phi) is 4.25. The number of piperidine rings is 1. The fourth-order valence-corrected chi connectivity index (χ4v) is 3.85. The van der Waals surface area contributed by atoms with Gasteiger partial charge >= 0.3 is 5.97 Å². The van der Waals surface area contributed by atoms with Crippen molar-refractivity contribution in [2.75, 3.05) is 6.61 Å². The standard InChI is InChI=1S/C19H20N4O4/c1-3-7-27-19(26)15-9-12-8-14(12)23(15)16(25)10-22-18-13(5-4-6-20-18)17(21-22)11(2)24/h3-6,12,14-15H,1,7-10H2,2H3.